The highest BCUT2D eigenvalue weighted by molar-refractivity contribution is 14.1. The lowest BCUT2D eigenvalue weighted by Gasteiger charge is -2.06. The summed E-state index contributed by atoms with van der Waals surface area (Å²) in [5.74, 6) is -0.440. The average Bonchev–Trinajstić information content (AvgIpc) is 2.85. The Labute approximate surface area is 146 Å². The van der Waals surface area contributed by atoms with Gasteiger partial charge < -0.3 is 9.88 Å². The van der Waals surface area contributed by atoms with Crippen molar-refractivity contribution in [2.75, 3.05) is 5.32 Å². The fourth-order valence-corrected chi connectivity index (χ4v) is 2.90. The fraction of sp³-hybridized carbons (Fsp3) is 0.0588. The van der Waals surface area contributed by atoms with Crippen LogP contribution in [0.25, 0.3) is 10.9 Å². The molecule has 23 heavy (non-hydrogen) atoms. The van der Waals surface area contributed by atoms with Crippen molar-refractivity contribution >= 4 is 51.1 Å². The monoisotopic (exact) mass is 418 g/mol. The molecular formula is C17H13IN3O2. The molecule has 0 unspecified atom stereocenters. The van der Waals surface area contributed by atoms with E-state index in [1.807, 2.05) is 35.9 Å². The standard InChI is InChI=1S/C17H13IN3O2/c1-21-10-14(13-7-2-3-8-15(13)21)16(22)20-17(23)19-12-6-4-5-11(18)9-12/h2,4-10H,1H3,(H2,19,20,22,23). The Morgan fingerprint density at radius 3 is 2.87 bits per heavy atom. The Hall–Kier alpha value is -2.35. The summed E-state index contributed by atoms with van der Waals surface area (Å²) in [6, 6.07) is 15.1. The predicted octanol–water partition coefficient (Wildman–Crippen LogP) is 3.54. The lowest BCUT2D eigenvalue weighted by Crippen LogP contribution is -2.34. The number of hydrogen-bond donors (Lipinski definition) is 2. The molecule has 2 aromatic carbocycles. The zero-order valence-corrected chi connectivity index (χ0v) is 14.4. The number of amides is 3. The maximum atomic E-state index is 12.3. The van der Waals surface area contributed by atoms with Crippen molar-refractivity contribution in [2.24, 2.45) is 7.05 Å². The van der Waals surface area contributed by atoms with Gasteiger partial charge in [-0.25, -0.2) is 4.79 Å². The quantitative estimate of drug-likeness (QED) is 0.626. The third kappa shape index (κ3) is 3.37. The van der Waals surface area contributed by atoms with E-state index in [-0.39, 0.29) is 0 Å². The molecule has 2 N–H and O–H groups in total. The molecule has 115 valence electrons. The zero-order valence-electron chi connectivity index (χ0n) is 12.3. The highest BCUT2D eigenvalue weighted by atomic mass is 127. The number of urea groups is 1. The summed E-state index contributed by atoms with van der Waals surface area (Å²) in [5.41, 5.74) is 1.97. The topological polar surface area (TPSA) is 63.1 Å². The van der Waals surface area contributed by atoms with Gasteiger partial charge in [0.1, 0.15) is 0 Å². The van der Waals surface area contributed by atoms with Gasteiger partial charge in [0.15, 0.2) is 0 Å². The number of fused-ring (bicyclic) bond motifs is 1. The number of imide groups is 1. The summed E-state index contributed by atoms with van der Waals surface area (Å²) >= 11 is 2.15. The first-order valence-electron chi connectivity index (χ1n) is 6.87. The third-order valence-electron chi connectivity index (χ3n) is 3.39. The van der Waals surface area contributed by atoms with Crippen LogP contribution in [0, 0.1) is 9.64 Å². The molecule has 3 rings (SSSR count). The van der Waals surface area contributed by atoms with Crippen LogP contribution in [-0.2, 0) is 7.05 Å². The van der Waals surface area contributed by atoms with Crippen LogP contribution in [0.5, 0.6) is 0 Å². The van der Waals surface area contributed by atoms with Crippen molar-refractivity contribution in [1.82, 2.24) is 9.88 Å². The van der Waals surface area contributed by atoms with Crippen molar-refractivity contribution in [1.29, 1.82) is 0 Å². The van der Waals surface area contributed by atoms with Crippen molar-refractivity contribution in [3.05, 3.63) is 63.9 Å². The molecular weight excluding hydrogens is 405 g/mol. The molecule has 1 heterocycles. The molecule has 1 aromatic heterocycles. The Kier molecular flexibility index (Phi) is 4.33. The molecule has 0 aliphatic rings. The second kappa shape index (κ2) is 6.41. The smallest absolute Gasteiger partial charge is 0.326 e. The molecule has 1 radical (unpaired) electrons. The minimum Gasteiger partial charge on any atom is -0.350 e. The highest BCUT2D eigenvalue weighted by Gasteiger charge is 2.16. The van der Waals surface area contributed by atoms with Gasteiger partial charge in [0.25, 0.3) is 5.91 Å². The number of carbonyl (C=O) groups excluding carboxylic acids is 2. The number of hydrogen-bond acceptors (Lipinski definition) is 2. The Bertz CT molecular complexity index is 902. The van der Waals surface area contributed by atoms with Gasteiger partial charge in [0.05, 0.1) is 5.56 Å². The Morgan fingerprint density at radius 2 is 2.09 bits per heavy atom. The van der Waals surface area contributed by atoms with Crippen LogP contribution in [0.15, 0.2) is 48.7 Å². The number of nitrogens with one attached hydrogen (secondary N) is 2. The Balaban J connectivity index is 1.77. The van der Waals surface area contributed by atoms with Crippen LogP contribution in [-0.4, -0.2) is 16.5 Å². The predicted molar refractivity (Wildman–Crippen MR) is 97.4 cm³/mol. The zero-order chi connectivity index (χ0) is 16.4. The van der Waals surface area contributed by atoms with E-state index in [4.69, 9.17) is 0 Å². The first-order chi connectivity index (χ1) is 11.0. The molecule has 0 saturated carbocycles. The van der Waals surface area contributed by atoms with E-state index < -0.39 is 11.9 Å². The second-order valence-electron chi connectivity index (χ2n) is 5.02. The van der Waals surface area contributed by atoms with Crippen LogP contribution in [0.4, 0.5) is 10.5 Å². The third-order valence-corrected chi connectivity index (χ3v) is 4.06. The summed E-state index contributed by atoms with van der Waals surface area (Å²) in [7, 11) is 1.85. The summed E-state index contributed by atoms with van der Waals surface area (Å²) < 4.78 is 2.83. The van der Waals surface area contributed by atoms with E-state index in [1.165, 1.54) is 0 Å². The molecule has 3 amide bonds. The summed E-state index contributed by atoms with van der Waals surface area (Å²) in [6.07, 6.45) is 1.70. The fourth-order valence-electron chi connectivity index (χ4n) is 2.35. The van der Waals surface area contributed by atoms with Crippen molar-refractivity contribution in [3.8, 4) is 0 Å². The van der Waals surface area contributed by atoms with Gasteiger partial charge in [-0.15, -0.1) is 0 Å². The summed E-state index contributed by atoms with van der Waals surface area (Å²) in [4.78, 5) is 24.3. The van der Waals surface area contributed by atoms with E-state index >= 15 is 0 Å². The summed E-state index contributed by atoms with van der Waals surface area (Å²) in [6.45, 7) is 0. The van der Waals surface area contributed by atoms with Gasteiger partial charge >= 0.3 is 6.03 Å². The van der Waals surface area contributed by atoms with E-state index in [9.17, 15) is 9.59 Å². The summed E-state index contributed by atoms with van der Waals surface area (Å²) in [5, 5.41) is 5.79. The SMILES string of the molecule is Cn1cc(C(=O)NC(=O)Nc2cccc(I)c2)c2cc[c]cc21. The van der Waals surface area contributed by atoms with Crippen LogP contribution in [0.3, 0.4) is 0 Å². The van der Waals surface area contributed by atoms with E-state index in [2.05, 4.69) is 39.3 Å². The van der Waals surface area contributed by atoms with E-state index in [0.717, 1.165) is 14.5 Å². The van der Waals surface area contributed by atoms with E-state index in [1.54, 1.807) is 24.4 Å². The first kappa shape index (κ1) is 15.5. The molecule has 0 fully saturated rings. The number of carbonyl (C=O) groups is 2. The van der Waals surface area contributed by atoms with Gasteiger partial charge in [-0.05, 0) is 52.9 Å². The van der Waals surface area contributed by atoms with Crippen LogP contribution in [0.1, 0.15) is 10.4 Å². The molecule has 0 bridgehead atoms. The van der Waals surface area contributed by atoms with Crippen LogP contribution in [0.2, 0.25) is 0 Å². The molecule has 0 spiro atoms. The van der Waals surface area contributed by atoms with Crippen molar-refractivity contribution < 1.29 is 9.59 Å². The van der Waals surface area contributed by atoms with Crippen molar-refractivity contribution in [3.63, 3.8) is 0 Å². The molecule has 0 aliphatic carbocycles. The maximum absolute atomic E-state index is 12.3. The van der Waals surface area contributed by atoms with Gasteiger partial charge in [0.2, 0.25) is 0 Å². The van der Waals surface area contributed by atoms with Crippen molar-refractivity contribution in [2.45, 2.75) is 0 Å². The van der Waals surface area contributed by atoms with Gasteiger partial charge in [0, 0.05) is 33.4 Å². The minimum atomic E-state index is -0.559. The van der Waals surface area contributed by atoms with Gasteiger partial charge in [-0.1, -0.05) is 18.2 Å². The number of nitrogens with zero attached hydrogens (tertiary/aromatic N) is 1. The molecule has 0 atom stereocenters. The lowest BCUT2D eigenvalue weighted by atomic mass is 10.1. The second-order valence-corrected chi connectivity index (χ2v) is 6.26. The minimum absolute atomic E-state index is 0.440. The van der Waals surface area contributed by atoms with Crippen LogP contribution < -0.4 is 10.6 Å². The highest BCUT2D eigenvalue weighted by Crippen LogP contribution is 2.20. The molecule has 0 aliphatic heterocycles. The molecule has 5 nitrogen and oxygen atoms in total. The number of benzene rings is 2. The average molecular weight is 418 g/mol. The lowest BCUT2D eigenvalue weighted by molar-refractivity contribution is 0.0968. The number of aromatic nitrogens is 1. The van der Waals surface area contributed by atoms with E-state index in [0.29, 0.717) is 11.3 Å². The Morgan fingerprint density at radius 1 is 1.26 bits per heavy atom. The number of rotatable bonds is 2. The van der Waals surface area contributed by atoms with Gasteiger partial charge in [-0.2, -0.15) is 0 Å². The molecule has 6 heteroatoms. The number of anilines is 1. The number of halogens is 1. The molecule has 3 aromatic rings. The largest absolute Gasteiger partial charge is 0.350 e. The normalized spacial score (nSPS) is 10.5. The van der Waals surface area contributed by atoms with Crippen LogP contribution >= 0.6 is 22.6 Å². The maximum Gasteiger partial charge on any atom is 0.326 e. The van der Waals surface area contributed by atoms with Gasteiger partial charge in [-0.3, -0.25) is 10.1 Å². The molecule has 0 saturated heterocycles. The first-order valence-corrected chi connectivity index (χ1v) is 7.95. The number of aryl methyl sites for hydroxylation is 1.